The zero-order valence-corrected chi connectivity index (χ0v) is 78.7. The maximum Gasteiger partial charge on any atom is 0.327 e. The van der Waals surface area contributed by atoms with Gasteiger partial charge in [-0.15, -0.1) is 0 Å². The van der Waals surface area contributed by atoms with E-state index in [0.29, 0.717) is 6.42 Å². The molecule has 0 rings (SSSR count). The Morgan fingerprint density at radius 2 is 0.598 bits per heavy atom. The Labute approximate surface area is 784 Å². The molecule has 132 heavy (non-hydrogen) atoms. The SMILES string of the molecule is CC[C@H](C)[C@H](NC(=O)[C@H](CS)NC(=O)[C@@H](NC(=O)[C@@H](N)CS)[C@@H](C)O)C(=O)NCC(=O)N[C@@H](C)C(=O)NCC(=O)N[C@@H](CCCNC(=N)N)C(=O)NCC(=O)N[C@@H](CCCNC(=N)N)C(=O)N[C@H](C(=O)N[C@@H](CO)C(=O)N[C@@H](CS)C(=O)N[C@H](C(=O)N[C@H](C(=O)N[C@@H](C)C(=O)N[C@@H](CC(N)=O)C(=O)N[C@@H](CCCNC(=N)N)C(=O)N[C@@H](CS)C(=O)O)[C@@H](C)CC)[C@@H](C)O)[C@@H](C)CC. The van der Waals surface area contributed by atoms with E-state index in [0.717, 1.165) is 13.8 Å². The summed E-state index contributed by atoms with van der Waals surface area (Å²) >= 11 is 16.2. The number of carbonyl (C=O) groups is 20. The molecule has 0 radical (unpaired) electrons. The lowest BCUT2D eigenvalue weighted by Crippen LogP contribution is -2.63. The fourth-order valence-corrected chi connectivity index (χ4v) is 12.5. The summed E-state index contributed by atoms with van der Waals surface area (Å²) in [6.07, 6.45) is -3.84. The highest BCUT2D eigenvalue weighted by Gasteiger charge is 2.40. The van der Waals surface area contributed by atoms with Crippen LogP contribution in [0.3, 0.4) is 0 Å². The molecule has 0 aromatic heterocycles. The molecule has 0 saturated carbocycles. The predicted molar refractivity (Wildman–Crippen MR) is 490 cm³/mol. The predicted octanol–water partition coefficient (Wildman–Crippen LogP) is -13.7. The van der Waals surface area contributed by atoms with E-state index in [9.17, 15) is 116 Å². The fraction of sp³-hybridized carbons (Fsp3) is 0.693. The molecule has 0 aromatic rings. The van der Waals surface area contributed by atoms with Gasteiger partial charge >= 0.3 is 5.97 Å². The first-order chi connectivity index (χ1) is 61.8. The Morgan fingerprint density at radius 1 is 0.311 bits per heavy atom. The first-order valence-electron chi connectivity index (χ1n) is 42.1. The zero-order valence-electron chi connectivity index (χ0n) is 75.1. The average Bonchev–Trinajstić information content (AvgIpc) is 0.822. The van der Waals surface area contributed by atoms with Crippen molar-refractivity contribution in [2.24, 2.45) is 46.4 Å². The number of nitrogens with two attached hydrogens (primary N) is 5. The van der Waals surface area contributed by atoms with E-state index in [4.69, 9.17) is 44.9 Å². The second-order valence-corrected chi connectivity index (χ2v) is 32.3. The molecule has 57 heteroatoms. The van der Waals surface area contributed by atoms with Gasteiger partial charge in [0.2, 0.25) is 112 Å². The van der Waals surface area contributed by atoms with Crippen LogP contribution in [-0.2, 0) is 95.9 Å². The third-order valence-corrected chi connectivity index (χ3v) is 21.5. The summed E-state index contributed by atoms with van der Waals surface area (Å²) in [5.74, 6) is -25.6. The highest BCUT2D eigenvalue weighted by molar-refractivity contribution is 7.80. The molecule has 21 atom stereocenters. The number of hydrogen-bond donors (Lipinski definition) is 37. The lowest BCUT2D eigenvalue weighted by atomic mass is 9.97. The van der Waals surface area contributed by atoms with Crippen molar-refractivity contribution in [2.45, 2.75) is 242 Å². The third-order valence-electron chi connectivity index (χ3n) is 20.0. The van der Waals surface area contributed by atoms with Crippen LogP contribution in [0.5, 0.6) is 0 Å². The fourth-order valence-electron chi connectivity index (χ4n) is 11.6. The minimum Gasteiger partial charge on any atom is -0.480 e. The number of guanidine groups is 3. The summed E-state index contributed by atoms with van der Waals surface area (Å²) in [6.45, 7) is 10.7. The Morgan fingerprint density at radius 3 is 0.992 bits per heavy atom. The van der Waals surface area contributed by atoms with Crippen molar-refractivity contribution >= 4 is 187 Å². The van der Waals surface area contributed by atoms with Gasteiger partial charge in [-0.25, -0.2) is 4.79 Å². The maximum atomic E-state index is 14.3. The van der Waals surface area contributed by atoms with Crippen molar-refractivity contribution in [3.63, 3.8) is 0 Å². The summed E-state index contributed by atoms with van der Waals surface area (Å²) < 4.78 is 0. The number of aliphatic hydroxyl groups is 3. The van der Waals surface area contributed by atoms with Crippen molar-refractivity contribution in [1.82, 2.24) is 112 Å². The van der Waals surface area contributed by atoms with E-state index in [1.807, 2.05) is 0 Å². The Hall–Kier alpha value is -11.5. The monoisotopic (exact) mass is 1950 g/mol. The topological polar surface area (TPSA) is 877 Å². The van der Waals surface area contributed by atoms with E-state index in [-0.39, 0.29) is 88.3 Å². The molecule has 0 unspecified atom stereocenters. The normalized spacial score (nSPS) is 15.7. The number of amides is 19. The number of thiol groups is 4. The van der Waals surface area contributed by atoms with Crippen LogP contribution in [0.25, 0.3) is 0 Å². The summed E-state index contributed by atoms with van der Waals surface area (Å²) in [5, 5.41) is 114. The summed E-state index contributed by atoms with van der Waals surface area (Å²) in [4.78, 5) is 269. The zero-order chi connectivity index (χ0) is 101. The lowest BCUT2D eigenvalue weighted by Gasteiger charge is -2.30. The smallest absolute Gasteiger partial charge is 0.327 e. The highest BCUT2D eigenvalue weighted by atomic mass is 32.1. The molecule has 0 aliphatic heterocycles. The van der Waals surface area contributed by atoms with Crippen LogP contribution in [0.15, 0.2) is 0 Å². The average molecular weight is 1960 g/mol. The number of nitrogens with one attached hydrogen (secondary N) is 24. The molecular formula is C75H135N29O24S4. The van der Waals surface area contributed by atoms with Gasteiger partial charge in [0.1, 0.15) is 90.6 Å². The molecular weight excluding hydrogens is 1820 g/mol. The third kappa shape index (κ3) is 46.0. The van der Waals surface area contributed by atoms with Crippen molar-refractivity contribution in [3.05, 3.63) is 0 Å². The standard InChI is InChI=1S/C75H135N29O24S4/c1-11-32(4)52(100-65(120)46(30-131)98-70(125)55(37(9)106)103-59(114)39(76)28-129)67(122)89-24-49(109)90-35(7)57(112)87-25-50(110)92-40(17-14-20-84-73(78)79)60(115)88-26-51(111)93-41(18-15-21-85-74(80)81)62(117)101-54(34(6)13-3)69(124)96-44(27-105)64(119)97-45(29-130)66(121)104-56(38(10)107)71(126)102-53(33(5)12-2)68(123)91-36(8)58(113)95-43(23-48(77)108)63(118)94-42(19-16-22-86-75(82)83)61(116)99-47(31-132)72(127)128/h32-47,52-56,105-107,129-132H,11-31,76H2,1-10H3,(H2,77,108)(H,87,112)(H,88,115)(H,89,122)(H,90,109)(H,91,123)(H,92,110)(H,93,111)(H,94,118)(H,95,113)(H,96,124)(H,97,119)(H,98,125)(H,99,116)(H,100,120)(H,101,117)(H,102,126)(H,103,114)(H,104,121)(H,127,128)(H4,78,79,84)(H4,80,81,85)(H4,82,83,86)/t32-,33-,34-,35-,36-,37+,38+,39-,40-,41-,42-,43-,44-,45-,46-,47-,52-,53-,54-,55-,56-/m0/s1. The number of primary amides is 1. The summed E-state index contributed by atoms with van der Waals surface area (Å²) in [5.41, 5.74) is 27.3. The number of aliphatic hydroxyl groups excluding tert-OH is 3. The van der Waals surface area contributed by atoms with Crippen molar-refractivity contribution in [2.75, 3.05) is 68.9 Å². The van der Waals surface area contributed by atoms with Crippen LogP contribution in [0.4, 0.5) is 0 Å². The molecule has 53 nitrogen and oxygen atoms in total. The second-order valence-electron chi connectivity index (χ2n) is 30.8. The lowest BCUT2D eigenvalue weighted by molar-refractivity contribution is -0.142. The first kappa shape index (κ1) is 120. The maximum absolute atomic E-state index is 14.3. The Balaban J connectivity index is 6.48. The van der Waals surface area contributed by atoms with Crippen LogP contribution in [0, 0.1) is 34.0 Å². The molecule has 0 aliphatic rings. The second kappa shape index (κ2) is 63.5. The van der Waals surface area contributed by atoms with E-state index in [1.165, 1.54) is 27.7 Å². The van der Waals surface area contributed by atoms with Crippen molar-refractivity contribution in [1.29, 1.82) is 16.2 Å². The number of aliphatic carboxylic acids is 1. The molecule has 38 N–H and O–H groups in total. The Kier molecular flexibility index (Phi) is 57.9. The van der Waals surface area contributed by atoms with Gasteiger partial charge in [0.25, 0.3) is 0 Å². The largest absolute Gasteiger partial charge is 0.480 e. The minimum absolute atomic E-state index is 0.00575. The molecule has 0 aliphatic carbocycles. The number of carboxylic acid groups (broad SMARTS) is 1. The van der Waals surface area contributed by atoms with Crippen LogP contribution >= 0.6 is 50.5 Å². The number of carboxylic acids is 1. The van der Waals surface area contributed by atoms with Crippen LogP contribution < -0.4 is 140 Å². The van der Waals surface area contributed by atoms with Gasteiger partial charge in [-0.1, -0.05) is 60.8 Å². The number of rotatable bonds is 64. The summed E-state index contributed by atoms with van der Waals surface area (Å²) in [6, 6.07) is -24.8. The molecule has 0 bridgehead atoms. The quantitative estimate of drug-likeness (QED) is 0.0116. The van der Waals surface area contributed by atoms with Gasteiger partial charge in [0.15, 0.2) is 17.9 Å². The molecule has 0 heterocycles. The molecule has 748 valence electrons. The van der Waals surface area contributed by atoms with Gasteiger partial charge in [-0.2, -0.15) is 50.5 Å². The summed E-state index contributed by atoms with van der Waals surface area (Å²) in [7, 11) is 0. The highest BCUT2D eigenvalue weighted by Crippen LogP contribution is 2.15. The van der Waals surface area contributed by atoms with E-state index in [2.05, 4.69) is 162 Å². The van der Waals surface area contributed by atoms with E-state index < -0.39 is 301 Å². The molecule has 0 fully saturated rings. The van der Waals surface area contributed by atoms with Crippen molar-refractivity contribution in [3.8, 4) is 0 Å². The molecule has 0 saturated heterocycles. The van der Waals surface area contributed by atoms with Crippen LogP contribution in [0.2, 0.25) is 0 Å². The van der Waals surface area contributed by atoms with Crippen LogP contribution in [0.1, 0.15) is 133 Å². The van der Waals surface area contributed by atoms with Gasteiger partial charge in [-0.05, 0) is 84.0 Å². The van der Waals surface area contributed by atoms with E-state index >= 15 is 0 Å². The van der Waals surface area contributed by atoms with Gasteiger partial charge < -0.3 is 161 Å². The number of carbonyl (C=O) groups excluding carboxylic acids is 19. The van der Waals surface area contributed by atoms with Gasteiger partial charge in [-0.3, -0.25) is 107 Å². The molecule has 0 spiro atoms. The molecule has 0 aromatic carbocycles. The van der Waals surface area contributed by atoms with Crippen LogP contribution in [-0.4, -0.2) is 334 Å². The van der Waals surface area contributed by atoms with Gasteiger partial charge in [0.05, 0.1) is 50.9 Å². The number of hydrogen-bond acceptors (Lipinski definition) is 31. The van der Waals surface area contributed by atoms with Gasteiger partial charge in [0, 0.05) is 42.6 Å². The van der Waals surface area contributed by atoms with E-state index in [1.54, 1.807) is 27.7 Å². The first-order valence-corrected chi connectivity index (χ1v) is 44.6. The van der Waals surface area contributed by atoms with Crippen molar-refractivity contribution < 1.29 is 116 Å². The molecule has 19 amide bonds. The Bertz CT molecular complexity index is 3960. The minimum atomic E-state index is -1.91.